The van der Waals surface area contributed by atoms with Gasteiger partial charge in [0, 0.05) is 6.07 Å². The van der Waals surface area contributed by atoms with Gasteiger partial charge in [0.05, 0.1) is 7.11 Å². The summed E-state index contributed by atoms with van der Waals surface area (Å²) in [5.74, 6) is -0.728. The molecule has 0 saturated carbocycles. The summed E-state index contributed by atoms with van der Waals surface area (Å²) in [6, 6.07) is 2.78. The van der Waals surface area contributed by atoms with Gasteiger partial charge in [-0.3, -0.25) is 0 Å². The Morgan fingerprint density at radius 1 is 1.50 bits per heavy atom. The number of nitriles is 1. The fraction of sp³-hybridized carbons (Fsp3) is 0.250. The van der Waals surface area contributed by atoms with Crippen molar-refractivity contribution < 1.29 is 22.6 Å². The summed E-state index contributed by atoms with van der Waals surface area (Å²) in [4.78, 5) is 3.35. The number of methoxy groups -OCH3 is 1. The number of hydrogen-bond acceptors (Lipinski definition) is 4. The monoisotopic (exact) mass is 296 g/mol. The Kier molecular flexibility index (Phi) is 3.59. The molecule has 0 amide bonds. The van der Waals surface area contributed by atoms with Crippen molar-refractivity contribution in [3.8, 4) is 17.7 Å². The van der Waals surface area contributed by atoms with E-state index in [0.717, 1.165) is 0 Å². The van der Waals surface area contributed by atoms with Gasteiger partial charge < -0.3 is 9.47 Å². The Morgan fingerprint density at radius 2 is 2.12 bits per heavy atom. The van der Waals surface area contributed by atoms with Crippen LogP contribution in [0.2, 0.25) is 0 Å². The molecule has 0 atom stereocenters. The fourth-order valence-corrected chi connectivity index (χ4v) is 1.31. The molecule has 0 radical (unpaired) electrons. The van der Waals surface area contributed by atoms with Gasteiger partial charge >= 0.3 is 6.36 Å². The highest BCUT2D eigenvalue weighted by Crippen LogP contribution is 2.35. The molecule has 0 aliphatic carbocycles. The van der Waals surface area contributed by atoms with Gasteiger partial charge in [-0.25, -0.2) is 4.98 Å². The summed E-state index contributed by atoms with van der Waals surface area (Å²) >= 11 is 2.84. The van der Waals surface area contributed by atoms with Crippen LogP contribution in [0.1, 0.15) is 5.69 Å². The number of nitrogens with zero attached hydrogens (tertiary/aromatic N) is 2. The normalized spacial score (nSPS) is 10.8. The molecule has 0 unspecified atom stereocenters. The third kappa shape index (κ3) is 3.00. The Labute approximate surface area is 96.7 Å². The van der Waals surface area contributed by atoms with Crippen LogP contribution in [0.25, 0.3) is 0 Å². The Hall–Kier alpha value is -1.49. The summed E-state index contributed by atoms with van der Waals surface area (Å²) in [6.07, 6.45) is -4.88. The van der Waals surface area contributed by atoms with E-state index in [4.69, 9.17) is 10.00 Å². The van der Waals surface area contributed by atoms with Gasteiger partial charge in [0.15, 0.2) is 0 Å². The summed E-state index contributed by atoms with van der Waals surface area (Å²) in [7, 11) is 1.25. The number of rotatable bonds is 2. The van der Waals surface area contributed by atoms with Crippen molar-refractivity contribution in [3.63, 3.8) is 0 Å². The number of pyridine rings is 1. The van der Waals surface area contributed by atoms with Crippen molar-refractivity contribution >= 4 is 15.9 Å². The zero-order chi connectivity index (χ0) is 12.3. The van der Waals surface area contributed by atoms with E-state index in [2.05, 4.69) is 25.7 Å². The lowest BCUT2D eigenvalue weighted by Crippen LogP contribution is -2.18. The van der Waals surface area contributed by atoms with E-state index in [1.165, 1.54) is 13.2 Å². The summed E-state index contributed by atoms with van der Waals surface area (Å²) in [6.45, 7) is 0. The van der Waals surface area contributed by atoms with Gasteiger partial charge in [-0.2, -0.15) is 5.26 Å². The largest absolute Gasteiger partial charge is 0.574 e. The Balaban J connectivity index is 3.23. The molecule has 0 N–H and O–H groups in total. The number of alkyl halides is 3. The summed E-state index contributed by atoms with van der Waals surface area (Å²) < 4.78 is 44.2. The first-order valence-electron chi connectivity index (χ1n) is 3.77. The van der Waals surface area contributed by atoms with E-state index in [1.54, 1.807) is 6.07 Å². The quantitative estimate of drug-likeness (QED) is 0.842. The van der Waals surface area contributed by atoms with Gasteiger partial charge in [-0.15, -0.1) is 13.2 Å². The average Bonchev–Trinajstić information content (AvgIpc) is 2.19. The highest BCUT2D eigenvalue weighted by molar-refractivity contribution is 9.10. The van der Waals surface area contributed by atoms with E-state index >= 15 is 0 Å². The van der Waals surface area contributed by atoms with Gasteiger partial charge in [0.2, 0.25) is 5.88 Å². The molecule has 0 aromatic carbocycles. The molecule has 0 fully saturated rings. The van der Waals surface area contributed by atoms with Crippen LogP contribution in [-0.4, -0.2) is 18.5 Å². The molecular weight excluding hydrogens is 293 g/mol. The topological polar surface area (TPSA) is 55.1 Å². The lowest BCUT2D eigenvalue weighted by atomic mass is 10.3. The second kappa shape index (κ2) is 4.57. The van der Waals surface area contributed by atoms with Gasteiger partial charge in [-0.05, 0) is 15.9 Å². The molecule has 1 rings (SSSR count). The molecule has 1 aromatic rings. The molecule has 0 spiro atoms. The zero-order valence-electron chi connectivity index (χ0n) is 7.80. The molecule has 0 saturated heterocycles. The first kappa shape index (κ1) is 12.6. The number of hydrogen-bond donors (Lipinski definition) is 0. The maximum Gasteiger partial charge on any atom is 0.574 e. The van der Waals surface area contributed by atoms with Crippen molar-refractivity contribution in [2.45, 2.75) is 6.36 Å². The van der Waals surface area contributed by atoms with E-state index in [9.17, 15) is 13.2 Å². The van der Waals surface area contributed by atoms with Crippen molar-refractivity contribution in [1.82, 2.24) is 4.98 Å². The zero-order valence-corrected chi connectivity index (χ0v) is 9.39. The van der Waals surface area contributed by atoms with E-state index in [-0.39, 0.29) is 15.9 Å². The average molecular weight is 297 g/mol. The Bertz CT molecular complexity index is 442. The second-order valence-electron chi connectivity index (χ2n) is 2.49. The number of ether oxygens (including phenoxy) is 2. The molecule has 8 heteroatoms. The smallest absolute Gasteiger partial charge is 0.495 e. The highest BCUT2D eigenvalue weighted by atomic mass is 79.9. The lowest BCUT2D eigenvalue weighted by Gasteiger charge is -2.11. The molecule has 1 heterocycles. The Morgan fingerprint density at radius 3 is 2.56 bits per heavy atom. The standard InChI is InChI=1S/C8H4BrF3N2O2/c1-15-5-2-4(3-13)14-7(6(5)9)16-8(10,11)12/h2H,1H3. The molecule has 86 valence electrons. The van der Waals surface area contributed by atoms with Crippen LogP contribution in [-0.2, 0) is 0 Å². The molecule has 4 nitrogen and oxygen atoms in total. The lowest BCUT2D eigenvalue weighted by molar-refractivity contribution is -0.276. The first-order valence-corrected chi connectivity index (χ1v) is 4.57. The number of halogens is 4. The molecule has 0 bridgehead atoms. The highest BCUT2D eigenvalue weighted by Gasteiger charge is 2.33. The van der Waals surface area contributed by atoms with Crippen LogP contribution in [0.3, 0.4) is 0 Å². The van der Waals surface area contributed by atoms with Crippen molar-refractivity contribution in [1.29, 1.82) is 5.26 Å². The van der Waals surface area contributed by atoms with Crippen LogP contribution >= 0.6 is 15.9 Å². The molecule has 16 heavy (non-hydrogen) atoms. The van der Waals surface area contributed by atoms with E-state index in [0.29, 0.717) is 0 Å². The predicted octanol–water partition coefficient (Wildman–Crippen LogP) is 2.62. The predicted molar refractivity (Wildman–Crippen MR) is 49.9 cm³/mol. The van der Waals surface area contributed by atoms with Crippen molar-refractivity contribution in [2.24, 2.45) is 0 Å². The second-order valence-corrected chi connectivity index (χ2v) is 3.28. The maximum absolute atomic E-state index is 12.0. The van der Waals surface area contributed by atoms with Gasteiger partial charge in [-0.1, -0.05) is 0 Å². The third-order valence-corrected chi connectivity index (χ3v) is 2.17. The van der Waals surface area contributed by atoms with Crippen LogP contribution in [0.4, 0.5) is 13.2 Å². The van der Waals surface area contributed by atoms with E-state index in [1.807, 2.05) is 0 Å². The van der Waals surface area contributed by atoms with Crippen LogP contribution < -0.4 is 9.47 Å². The van der Waals surface area contributed by atoms with Gasteiger partial charge in [0.25, 0.3) is 0 Å². The molecule has 0 aliphatic rings. The first-order chi connectivity index (χ1) is 7.37. The summed E-state index contributed by atoms with van der Waals surface area (Å²) in [5, 5.41) is 8.55. The van der Waals surface area contributed by atoms with Crippen molar-refractivity contribution in [3.05, 3.63) is 16.2 Å². The van der Waals surface area contributed by atoms with E-state index < -0.39 is 12.2 Å². The summed E-state index contributed by atoms with van der Waals surface area (Å²) in [5.41, 5.74) is -0.237. The minimum absolute atomic E-state index is 0.0331. The minimum Gasteiger partial charge on any atom is -0.495 e. The maximum atomic E-state index is 12.0. The van der Waals surface area contributed by atoms with Crippen molar-refractivity contribution in [2.75, 3.05) is 7.11 Å². The molecule has 0 aliphatic heterocycles. The minimum atomic E-state index is -4.88. The third-order valence-electron chi connectivity index (χ3n) is 1.44. The van der Waals surface area contributed by atoms with Crippen LogP contribution in [0.15, 0.2) is 10.5 Å². The van der Waals surface area contributed by atoms with Crippen LogP contribution in [0.5, 0.6) is 11.6 Å². The molecular formula is C8H4BrF3N2O2. The fourth-order valence-electron chi connectivity index (χ4n) is 0.867. The van der Waals surface area contributed by atoms with Crippen LogP contribution in [0, 0.1) is 11.3 Å². The molecule has 1 aromatic heterocycles. The number of aromatic nitrogens is 1. The SMILES string of the molecule is COc1cc(C#N)nc(OC(F)(F)F)c1Br. The van der Waals surface area contributed by atoms with Gasteiger partial charge in [0.1, 0.15) is 22.0 Å².